The number of rotatable bonds is 2. The van der Waals surface area contributed by atoms with Gasteiger partial charge in [0.1, 0.15) is 6.61 Å². The minimum absolute atomic E-state index is 0.0192. The van der Waals surface area contributed by atoms with E-state index in [9.17, 15) is 9.59 Å². The third kappa shape index (κ3) is 4.52. The third-order valence-corrected chi connectivity index (χ3v) is 1.74. The van der Waals surface area contributed by atoms with E-state index in [0.29, 0.717) is 10.6 Å². The zero-order valence-corrected chi connectivity index (χ0v) is 8.72. The number of azo groups is 1. The van der Waals surface area contributed by atoms with Gasteiger partial charge in [0.2, 0.25) is 0 Å². The normalized spacial score (nSPS) is 10.3. The Morgan fingerprint density at radius 3 is 2.44 bits per heavy atom. The average Bonchev–Trinajstić information content (AvgIpc) is 2.25. The van der Waals surface area contributed by atoms with Gasteiger partial charge < -0.3 is 9.84 Å². The molecule has 0 unspecified atom stereocenters. The summed E-state index contributed by atoms with van der Waals surface area (Å²) in [5, 5.41) is 14.1. The molecule has 1 rings (SSSR count). The topological polar surface area (TPSA) is 88.3 Å². The highest BCUT2D eigenvalue weighted by molar-refractivity contribution is 6.30. The van der Waals surface area contributed by atoms with Gasteiger partial charge in [0.05, 0.1) is 0 Å². The van der Waals surface area contributed by atoms with Gasteiger partial charge in [0.25, 0.3) is 0 Å². The predicted octanol–water partition coefficient (Wildman–Crippen LogP) is 3.11. The lowest BCUT2D eigenvalue weighted by Crippen LogP contribution is -1.99. The molecule has 0 fully saturated rings. The van der Waals surface area contributed by atoms with E-state index in [0.717, 1.165) is 0 Å². The molecule has 0 aromatic heterocycles. The second kappa shape index (κ2) is 5.82. The van der Waals surface area contributed by atoms with Crippen LogP contribution in [0.3, 0.4) is 0 Å². The molecule has 2 amide bonds. The zero-order chi connectivity index (χ0) is 12.0. The van der Waals surface area contributed by atoms with E-state index in [4.69, 9.17) is 16.7 Å². The van der Waals surface area contributed by atoms with Gasteiger partial charge in [-0.1, -0.05) is 34.0 Å². The van der Waals surface area contributed by atoms with Crippen LogP contribution in [0.15, 0.2) is 34.5 Å². The number of nitrogens with zero attached hydrogens (tertiary/aromatic N) is 2. The van der Waals surface area contributed by atoms with Crippen LogP contribution in [0.4, 0.5) is 9.59 Å². The summed E-state index contributed by atoms with van der Waals surface area (Å²) in [6.07, 6.45) is -2.61. The van der Waals surface area contributed by atoms with Gasteiger partial charge in [-0.05, 0) is 17.7 Å². The number of hydrogen-bond acceptors (Lipinski definition) is 3. The molecule has 1 aromatic carbocycles. The number of carbonyl (C=O) groups excluding carboxylic acids is 1. The van der Waals surface area contributed by atoms with Gasteiger partial charge in [0, 0.05) is 5.02 Å². The Bertz CT molecular complexity index is 416. The van der Waals surface area contributed by atoms with E-state index in [-0.39, 0.29) is 6.61 Å². The summed E-state index contributed by atoms with van der Waals surface area (Å²) in [7, 11) is 0. The van der Waals surface area contributed by atoms with Crippen LogP contribution in [-0.4, -0.2) is 17.3 Å². The van der Waals surface area contributed by atoms with Gasteiger partial charge in [0.15, 0.2) is 0 Å². The van der Waals surface area contributed by atoms with Gasteiger partial charge in [-0.25, -0.2) is 9.59 Å². The monoisotopic (exact) mass is 242 g/mol. The number of halogens is 1. The summed E-state index contributed by atoms with van der Waals surface area (Å²) in [6, 6.07) is 6.63. The maximum Gasteiger partial charge on any atom is 0.452 e. The van der Waals surface area contributed by atoms with Crippen molar-refractivity contribution in [2.45, 2.75) is 6.61 Å². The van der Waals surface area contributed by atoms with E-state index in [1.165, 1.54) is 0 Å². The predicted molar refractivity (Wildman–Crippen MR) is 54.5 cm³/mol. The lowest BCUT2D eigenvalue weighted by atomic mass is 10.2. The Kier molecular flexibility index (Phi) is 4.41. The molecule has 0 aliphatic heterocycles. The molecule has 0 heterocycles. The second-order valence-electron chi connectivity index (χ2n) is 2.66. The van der Waals surface area contributed by atoms with Gasteiger partial charge in [-0.3, -0.25) is 0 Å². The van der Waals surface area contributed by atoms with Crippen molar-refractivity contribution >= 4 is 23.8 Å². The maximum absolute atomic E-state index is 10.8. The molecule has 0 bridgehead atoms. The molecule has 0 atom stereocenters. The summed E-state index contributed by atoms with van der Waals surface area (Å²) in [4.78, 5) is 20.7. The van der Waals surface area contributed by atoms with Crippen LogP contribution in [0, 0.1) is 0 Å². The molecule has 0 saturated carbocycles. The van der Waals surface area contributed by atoms with Crippen molar-refractivity contribution in [2.75, 3.05) is 0 Å². The van der Waals surface area contributed by atoms with Crippen molar-refractivity contribution < 1.29 is 19.4 Å². The van der Waals surface area contributed by atoms with E-state index in [1.54, 1.807) is 24.3 Å². The number of hydrogen-bond donors (Lipinski definition) is 1. The molecule has 84 valence electrons. The van der Waals surface area contributed by atoms with Crippen molar-refractivity contribution in [3.8, 4) is 0 Å². The SMILES string of the molecule is O=C(O)N=NC(=O)OCc1ccc(Cl)cc1. The second-order valence-corrected chi connectivity index (χ2v) is 3.10. The first kappa shape index (κ1) is 12.1. The summed E-state index contributed by atoms with van der Waals surface area (Å²) < 4.78 is 4.61. The highest BCUT2D eigenvalue weighted by Crippen LogP contribution is 2.10. The Morgan fingerprint density at radius 2 is 1.88 bits per heavy atom. The molecule has 1 aromatic rings. The van der Waals surface area contributed by atoms with E-state index >= 15 is 0 Å². The van der Waals surface area contributed by atoms with Crippen LogP contribution in [-0.2, 0) is 11.3 Å². The van der Waals surface area contributed by atoms with E-state index in [2.05, 4.69) is 15.0 Å². The quantitative estimate of drug-likeness (QED) is 0.807. The first-order valence-electron chi connectivity index (χ1n) is 4.14. The summed E-state index contributed by atoms with van der Waals surface area (Å²) in [5.41, 5.74) is 0.711. The largest absolute Gasteiger partial charge is 0.462 e. The molecular formula is C9H7ClN2O4. The Labute approximate surface area is 95.5 Å². The Hall–Kier alpha value is -1.95. The third-order valence-electron chi connectivity index (χ3n) is 1.49. The molecule has 7 heteroatoms. The molecule has 0 spiro atoms. The van der Waals surface area contributed by atoms with Crippen molar-refractivity contribution in [1.29, 1.82) is 0 Å². The van der Waals surface area contributed by atoms with Gasteiger partial charge >= 0.3 is 12.2 Å². The molecule has 6 nitrogen and oxygen atoms in total. The van der Waals surface area contributed by atoms with E-state index in [1.807, 2.05) is 0 Å². The molecule has 0 radical (unpaired) electrons. The van der Waals surface area contributed by atoms with Gasteiger partial charge in [-0.2, -0.15) is 0 Å². The molecular weight excluding hydrogens is 236 g/mol. The zero-order valence-electron chi connectivity index (χ0n) is 7.96. The van der Waals surface area contributed by atoms with Crippen molar-refractivity contribution in [1.82, 2.24) is 0 Å². The number of ether oxygens (including phenoxy) is 1. The fraction of sp³-hybridized carbons (Fsp3) is 0.111. The molecule has 0 aliphatic rings. The van der Waals surface area contributed by atoms with Crippen LogP contribution in [0.5, 0.6) is 0 Å². The van der Waals surface area contributed by atoms with Crippen molar-refractivity contribution in [2.24, 2.45) is 10.2 Å². The molecule has 16 heavy (non-hydrogen) atoms. The smallest absolute Gasteiger partial charge is 0.452 e. The van der Waals surface area contributed by atoms with Crippen molar-refractivity contribution in [3.05, 3.63) is 34.9 Å². The minimum atomic E-state index is -1.55. The molecule has 1 N–H and O–H groups in total. The molecule has 0 saturated heterocycles. The fourth-order valence-electron chi connectivity index (χ4n) is 0.838. The maximum atomic E-state index is 10.8. The summed E-state index contributed by atoms with van der Waals surface area (Å²) in [5.74, 6) is 0. The first-order chi connectivity index (χ1) is 7.58. The highest BCUT2D eigenvalue weighted by Gasteiger charge is 2.02. The van der Waals surface area contributed by atoms with Crippen molar-refractivity contribution in [3.63, 3.8) is 0 Å². The highest BCUT2D eigenvalue weighted by atomic mass is 35.5. The Morgan fingerprint density at radius 1 is 1.25 bits per heavy atom. The van der Waals surface area contributed by atoms with Crippen LogP contribution in [0.1, 0.15) is 5.56 Å². The first-order valence-corrected chi connectivity index (χ1v) is 4.51. The summed E-state index contributed by atoms with van der Waals surface area (Å²) in [6.45, 7) is -0.0192. The van der Waals surface area contributed by atoms with Crippen LogP contribution >= 0.6 is 11.6 Å². The number of carbonyl (C=O) groups is 2. The van der Waals surface area contributed by atoms with E-state index < -0.39 is 12.2 Å². The van der Waals surface area contributed by atoms with Crippen LogP contribution in [0.25, 0.3) is 0 Å². The lowest BCUT2D eigenvalue weighted by Gasteiger charge is -2.00. The minimum Gasteiger partial charge on any atom is -0.462 e. The number of carboxylic acid groups (broad SMARTS) is 1. The lowest BCUT2D eigenvalue weighted by molar-refractivity contribution is 0.147. The molecule has 0 aliphatic carbocycles. The number of amides is 2. The fourth-order valence-corrected chi connectivity index (χ4v) is 0.964. The van der Waals surface area contributed by atoms with Crippen LogP contribution < -0.4 is 0 Å². The number of benzene rings is 1. The van der Waals surface area contributed by atoms with Crippen LogP contribution in [0.2, 0.25) is 5.02 Å². The van der Waals surface area contributed by atoms with Gasteiger partial charge in [-0.15, -0.1) is 0 Å². The Balaban J connectivity index is 2.43. The summed E-state index contributed by atoms with van der Waals surface area (Å²) >= 11 is 5.65. The standard InChI is InChI=1S/C9H7ClN2O4/c10-7-3-1-6(2-4-7)5-16-9(15)12-11-8(13)14/h1-4H,5H2,(H,13,14). The average molecular weight is 243 g/mol.